The van der Waals surface area contributed by atoms with Crippen molar-refractivity contribution in [3.05, 3.63) is 65.0 Å². The molecule has 2 aromatic rings. The number of carboxylic acids is 1. The molecular formula is C15H13FO2S. The SMILES string of the molecule is Cc1ccc(F)cc1CSc1cccc(C(=O)O)c1. The molecule has 0 saturated carbocycles. The van der Waals surface area contributed by atoms with Crippen molar-refractivity contribution in [1.29, 1.82) is 0 Å². The molecule has 0 aliphatic carbocycles. The molecule has 0 saturated heterocycles. The minimum absolute atomic E-state index is 0.250. The average molecular weight is 276 g/mol. The number of hydrogen-bond donors (Lipinski definition) is 1. The van der Waals surface area contributed by atoms with E-state index in [-0.39, 0.29) is 11.4 Å². The van der Waals surface area contributed by atoms with Crippen molar-refractivity contribution in [3.8, 4) is 0 Å². The largest absolute Gasteiger partial charge is 0.478 e. The first-order chi connectivity index (χ1) is 9.06. The van der Waals surface area contributed by atoms with Crippen molar-refractivity contribution < 1.29 is 14.3 Å². The fourth-order valence-corrected chi connectivity index (χ4v) is 2.69. The molecule has 98 valence electrons. The second-order valence-corrected chi connectivity index (χ2v) is 5.24. The van der Waals surface area contributed by atoms with Crippen LogP contribution >= 0.6 is 11.8 Å². The van der Waals surface area contributed by atoms with Crippen LogP contribution in [0.15, 0.2) is 47.4 Å². The Balaban J connectivity index is 2.12. The molecule has 1 N–H and O–H groups in total. The molecular weight excluding hydrogens is 263 g/mol. The predicted octanol–water partition coefficient (Wildman–Crippen LogP) is 4.12. The zero-order valence-electron chi connectivity index (χ0n) is 10.4. The topological polar surface area (TPSA) is 37.3 Å². The third kappa shape index (κ3) is 3.58. The molecule has 0 radical (unpaired) electrons. The maximum Gasteiger partial charge on any atom is 0.335 e. The highest BCUT2D eigenvalue weighted by Gasteiger charge is 2.05. The number of hydrogen-bond acceptors (Lipinski definition) is 2. The minimum Gasteiger partial charge on any atom is -0.478 e. The Bertz CT molecular complexity index is 611. The molecule has 2 aromatic carbocycles. The first kappa shape index (κ1) is 13.6. The number of aryl methyl sites for hydroxylation is 1. The van der Waals surface area contributed by atoms with Gasteiger partial charge in [0.25, 0.3) is 0 Å². The van der Waals surface area contributed by atoms with Crippen LogP contribution in [0.1, 0.15) is 21.5 Å². The van der Waals surface area contributed by atoms with Gasteiger partial charge in [0.15, 0.2) is 0 Å². The molecule has 0 bridgehead atoms. The highest BCUT2D eigenvalue weighted by atomic mass is 32.2. The summed E-state index contributed by atoms with van der Waals surface area (Å²) in [6.45, 7) is 1.93. The smallest absolute Gasteiger partial charge is 0.335 e. The molecule has 0 amide bonds. The molecule has 0 spiro atoms. The lowest BCUT2D eigenvalue weighted by molar-refractivity contribution is 0.0696. The van der Waals surface area contributed by atoms with Crippen LogP contribution in [-0.4, -0.2) is 11.1 Å². The van der Waals surface area contributed by atoms with Crippen LogP contribution < -0.4 is 0 Å². The highest BCUT2D eigenvalue weighted by Crippen LogP contribution is 2.25. The fourth-order valence-electron chi connectivity index (χ4n) is 1.68. The van der Waals surface area contributed by atoms with Crippen molar-refractivity contribution in [3.63, 3.8) is 0 Å². The highest BCUT2D eigenvalue weighted by molar-refractivity contribution is 7.98. The van der Waals surface area contributed by atoms with E-state index >= 15 is 0 Å². The molecule has 0 heterocycles. The average Bonchev–Trinajstić information content (AvgIpc) is 2.40. The molecule has 0 aromatic heterocycles. The van der Waals surface area contributed by atoms with E-state index in [2.05, 4.69) is 0 Å². The summed E-state index contributed by atoms with van der Waals surface area (Å²) >= 11 is 1.50. The summed E-state index contributed by atoms with van der Waals surface area (Å²) in [5, 5.41) is 8.92. The lowest BCUT2D eigenvalue weighted by atomic mass is 10.1. The normalized spacial score (nSPS) is 10.4. The second kappa shape index (κ2) is 5.89. The summed E-state index contributed by atoms with van der Waals surface area (Å²) in [5.41, 5.74) is 2.22. The molecule has 0 aliphatic rings. The Labute approximate surface area is 115 Å². The molecule has 0 aliphatic heterocycles. The molecule has 2 nitrogen and oxygen atoms in total. The summed E-state index contributed by atoms with van der Waals surface area (Å²) in [6, 6.07) is 11.5. The molecule has 2 rings (SSSR count). The first-order valence-corrected chi connectivity index (χ1v) is 6.76. The van der Waals surface area contributed by atoms with Crippen molar-refractivity contribution in [2.24, 2.45) is 0 Å². The number of thioether (sulfide) groups is 1. The lowest BCUT2D eigenvalue weighted by Crippen LogP contribution is -1.95. The van der Waals surface area contributed by atoms with Crippen LogP contribution in [-0.2, 0) is 5.75 Å². The Morgan fingerprint density at radius 3 is 2.79 bits per heavy atom. The van der Waals surface area contributed by atoms with Gasteiger partial charge in [0, 0.05) is 10.6 Å². The van der Waals surface area contributed by atoms with E-state index in [1.807, 2.05) is 13.0 Å². The van der Waals surface area contributed by atoms with Crippen LogP contribution in [0.4, 0.5) is 4.39 Å². The maximum atomic E-state index is 13.2. The first-order valence-electron chi connectivity index (χ1n) is 5.77. The molecule has 19 heavy (non-hydrogen) atoms. The van der Waals surface area contributed by atoms with Gasteiger partial charge in [0.05, 0.1) is 5.56 Å². The van der Waals surface area contributed by atoms with Gasteiger partial charge < -0.3 is 5.11 Å². The molecule has 4 heteroatoms. The Morgan fingerprint density at radius 2 is 2.05 bits per heavy atom. The molecule has 0 fully saturated rings. The second-order valence-electron chi connectivity index (χ2n) is 4.19. The van der Waals surface area contributed by atoms with Gasteiger partial charge in [0.1, 0.15) is 5.82 Å². The van der Waals surface area contributed by atoms with E-state index in [1.165, 1.54) is 23.9 Å². The number of carbonyl (C=O) groups is 1. The number of carboxylic acid groups (broad SMARTS) is 1. The van der Waals surface area contributed by atoms with Gasteiger partial charge in [-0.15, -0.1) is 11.8 Å². The van der Waals surface area contributed by atoms with Crippen molar-refractivity contribution in [2.75, 3.05) is 0 Å². The number of rotatable bonds is 4. The summed E-state index contributed by atoms with van der Waals surface area (Å²) in [6.07, 6.45) is 0. The summed E-state index contributed by atoms with van der Waals surface area (Å²) in [5.74, 6) is -0.572. The number of halogens is 1. The van der Waals surface area contributed by atoms with E-state index in [0.29, 0.717) is 5.75 Å². The van der Waals surface area contributed by atoms with Crippen LogP contribution in [0.2, 0.25) is 0 Å². The van der Waals surface area contributed by atoms with Gasteiger partial charge in [-0.1, -0.05) is 12.1 Å². The summed E-state index contributed by atoms with van der Waals surface area (Å²) in [4.78, 5) is 11.7. The van der Waals surface area contributed by atoms with E-state index in [0.717, 1.165) is 16.0 Å². The third-order valence-corrected chi connectivity index (χ3v) is 3.83. The number of aromatic carboxylic acids is 1. The van der Waals surface area contributed by atoms with E-state index in [9.17, 15) is 9.18 Å². The van der Waals surface area contributed by atoms with Crippen molar-refractivity contribution in [1.82, 2.24) is 0 Å². The zero-order chi connectivity index (χ0) is 13.8. The van der Waals surface area contributed by atoms with Gasteiger partial charge in [-0.2, -0.15) is 0 Å². The van der Waals surface area contributed by atoms with Gasteiger partial charge in [-0.05, 0) is 48.4 Å². The standard InChI is InChI=1S/C15H13FO2S/c1-10-5-6-13(16)7-12(10)9-19-14-4-2-3-11(8-14)15(17)18/h2-8H,9H2,1H3,(H,17,18). The minimum atomic E-state index is -0.940. The van der Waals surface area contributed by atoms with Gasteiger partial charge in [-0.3, -0.25) is 0 Å². The third-order valence-electron chi connectivity index (χ3n) is 2.79. The summed E-state index contributed by atoms with van der Waals surface area (Å²) in [7, 11) is 0. The van der Waals surface area contributed by atoms with E-state index in [1.54, 1.807) is 24.3 Å². The fraction of sp³-hybridized carbons (Fsp3) is 0.133. The Morgan fingerprint density at radius 1 is 1.26 bits per heavy atom. The van der Waals surface area contributed by atoms with Crippen LogP contribution in [0.3, 0.4) is 0 Å². The summed E-state index contributed by atoms with van der Waals surface area (Å²) < 4.78 is 13.2. The predicted molar refractivity (Wildman–Crippen MR) is 74.1 cm³/mol. The van der Waals surface area contributed by atoms with Gasteiger partial charge >= 0.3 is 5.97 Å². The Hall–Kier alpha value is -1.81. The van der Waals surface area contributed by atoms with Gasteiger partial charge in [-0.25, -0.2) is 9.18 Å². The van der Waals surface area contributed by atoms with Crippen LogP contribution in [0, 0.1) is 12.7 Å². The quantitative estimate of drug-likeness (QED) is 0.853. The lowest BCUT2D eigenvalue weighted by Gasteiger charge is -2.06. The van der Waals surface area contributed by atoms with Gasteiger partial charge in [0.2, 0.25) is 0 Å². The number of benzene rings is 2. The molecule has 0 atom stereocenters. The van der Waals surface area contributed by atoms with E-state index < -0.39 is 5.97 Å². The monoisotopic (exact) mass is 276 g/mol. The van der Waals surface area contributed by atoms with E-state index in [4.69, 9.17) is 5.11 Å². The maximum absolute atomic E-state index is 13.2. The van der Waals surface area contributed by atoms with Crippen molar-refractivity contribution >= 4 is 17.7 Å². The zero-order valence-corrected chi connectivity index (χ0v) is 11.2. The van der Waals surface area contributed by atoms with Crippen LogP contribution in [0.5, 0.6) is 0 Å². The van der Waals surface area contributed by atoms with Crippen molar-refractivity contribution in [2.45, 2.75) is 17.6 Å². The van der Waals surface area contributed by atoms with Crippen LogP contribution in [0.25, 0.3) is 0 Å². The molecule has 0 unspecified atom stereocenters. The Kier molecular flexibility index (Phi) is 4.22.